The van der Waals surface area contributed by atoms with Gasteiger partial charge >= 0.3 is 6.03 Å². The summed E-state index contributed by atoms with van der Waals surface area (Å²) in [5, 5.41) is 3.33. The zero-order chi connectivity index (χ0) is 19.1. The molecule has 5 fully saturated rings. The largest absolute Gasteiger partial charge is 0.334 e. The van der Waals surface area contributed by atoms with E-state index in [4.69, 9.17) is 0 Å². The van der Waals surface area contributed by atoms with Crippen molar-refractivity contribution in [3.8, 4) is 0 Å². The summed E-state index contributed by atoms with van der Waals surface area (Å²) in [7, 11) is 0. The predicted molar refractivity (Wildman–Crippen MR) is 107 cm³/mol. The van der Waals surface area contributed by atoms with E-state index in [9.17, 15) is 9.18 Å². The van der Waals surface area contributed by atoms with Crippen LogP contribution in [0.25, 0.3) is 0 Å². The molecule has 152 valence electrons. The van der Waals surface area contributed by atoms with Crippen molar-refractivity contribution in [1.82, 2.24) is 20.0 Å². The summed E-state index contributed by atoms with van der Waals surface area (Å²) in [6.45, 7) is 7.32. The van der Waals surface area contributed by atoms with E-state index in [0.29, 0.717) is 12.0 Å². The Morgan fingerprint density at radius 1 is 1.04 bits per heavy atom. The van der Waals surface area contributed by atoms with E-state index >= 15 is 0 Å². The van der Waals surface area contributed by atoms with Crippen LogP contribution in [0.3, 0.4) is 0 Å². The van der Waals surface area contributed by atoms with Gasteiger partial charge in [-0.15, -0.1) is 0 Å². The van der Waals surface area contributed by atoms with E-state index in [-0.39, 0.29) is 17.9 Å². The summed E-state index contributed by atoms with van der Waals surface area (Å²) >= 11 is 0. The highest BCUT2D eigenvalue weighted by Crippen LogP contribution is 2.36. The van der Waals surface area contributed by atoms with Gasteiger partial charge in [0.25, 0.3) is 0 Å². The second-order valence-corrected chi connectivity index (χ2v) is 9.34. The van der Waals surface area contributed by atoms with Gasteiger partial charge in [0.15, 0.2) is 0 Å². The van der Waals surface area contributed by atoms with E-state index in [1.165, 1.54) is 43.6 Å². The Hall–Kier alpha value is -1.66. The van der Waals surface area contributed by atoms with Crippen LogP contribution >= 0.6 is 0 Å². The second kappa shape index (κ2) is 7.64. The minimum atomic E-state index is -0.181. The summed E-state index contributed by atoms with van der Waals surface area (Å²) < 4.78 is 13.0. The third-order valence-electron chi connectivity index (χ3n) is 7.16. The minimum Gasteiger partial charge on any atom is -0.334 e. The number of urea groups is 1. The maximum Gasteiger partial charge on any atom is 0.317 e. The standard InChI is InChI=1S/C22H31FN4O/c23-19-3-1-16(2-4-19)5-7-25-8-6-20(14-25)24-22(28)27-13-18-9-17-10-21(27)15-26(11-17)12-18/h1-4,17-18,20-21H,5-15H2,(H,24,28)/t17?,18?,20-,21?/m0/s1. The molecule has 0 spiro atoms. The van der Waals surface area contributed by atoms with Crippen molar-refractivity contribution in [3.63, 3.8) is 0 Å². The van der Waals surface area contributed by atoms with Gasteiger partial charge in [-0.1, -0.05) is 12.1 Å². The number of amides is 2. The lowest BCUT2D eigenvalue weighted by molar-refractivity contribution is 0.0844. The number of hydrogen-bond acceptors (Lipinski definition) is 3. The van der Waals surface area contributed by atoms with E-state index in [0.717, 1.165) is 51.5 Å². The highest BCUT2D eigenvalue weighted by Gasteiger charge is 2.43. The van der Waals surface area contributed by atoms with E-state index in [2.05, 4.69) is 20.0 Å². The molecule has 5 atom stereocenters. The Morgan fingerprint density at radius 2 is 1.86 bits per heavy atom. The zero-order valence-corrected chi connectivity index (χ0v) is 16.5. The number of rotatable bonds is 4. The Balaban J connectivity index is 1.12. The van der Waals surface area contributed by atoms with Gasteiger partial charge in [0, 0.05) is 57.9 Å². The molecule has 5 saturated heterocycles. The van der Waals surface area contributed by atoms with Gasteiger partial charge < -0.3 is 20.0 Å². The molecule has 5 aliphatic heterocycles. The smallest absolute Gasteiger partial charge is 0.317 e. The molecule has 4 unspecified atom stereocenters. The molecular formula is C22H31FN4O. The normalized spacial score (nSPS) is 34.6. The first-order valence-corrected chi connectivity index (χ1v) is 10.9. The number of nitrogens with zero attached hydrogens (tertiary/aromatic N) is 3. The van der Waals surface area contributed by atoms with Crippen LogP contribution in [0.2, 0.25) is 0 Å². The molecule has 5 nitrogen and oxygen atoms in total. The molecule has 0 saturated carbocycles. The summed E-state index contributed by atoms with van der Waals surface area (Å²) in [6, 6.07) is 7.59. The number of halogens is 1. The number of fused-ring (bicyclic) bond motifs is 1. The van der Waals surface area contributed by atoms with Crippen LogP contribution in [-0.2, 0) is 6.42 Å². The minimum absolute atomic E-state index is 0.157. The first-order chi connectivity index (χ1) is 13.6. The third kappa shape index (κ3) is 3.90. The van der Waals surface area contributed by atoms with Crippen LogP contribution in [-0.4, -0.2) is 78.6 Å². The maximum atomic E-state index is 13.0. The zero-order valence-electron chi connectivity index (χ0n) is 16.5. The van der Waals surface area contributed by atoms with Gasteiger partial charge in [-0.3, -0.25) is 0 Å². The average Bonchev–Trinajstić information content (AvgIpc) is 3.02. The molecule has 6 heteroatoms. The van der Waals surface area contributed by atoms with Gasteiger partial charge in [-0.05, 0) is 55.2 Å². The third-order valence-corrected chi connectivity index (χ3v) is 7.16. The van der Waals surface area contributed by atoms with Gasteiger partial charge in [-0.25, -0.2) is 9.18 Å². The first kappa shape index (κ1) is 18.4. The number of hydrogen-bond donors (Lipinski definition) is 1. The van der Waals surface area contributed by atoms with E-state index in [1.54, 1.807) is 0 Å². The lowest BCUT2D eigenvalue weighted by Gasteiger charge is -2.41. The number of carbonyl (C=O) groups excluding carboxylic acids is 1. The van der Waals surface area contributed by atoms with Crippen LogP contribution < -0.4 is 5.32 Å². The summed E-state index contributed by atoms with van der Waals surface area (Å²) in [5.74, 6) is 1.27. The van der Waals surface area contributed by atoms with Crippen LogP contribution in [0.1, 0.15) is 24.8 Å². The van der Waals surface area contributed by atoms with Crippen molar-refractivity contribution in [3.05, 3.63) is 35.6 Å². The Kier molecular flexibility index (Phi) is 5.01. The molecule has 28 heavy (non-hydrogen) atoms. The quantitative estimate of drug-likeness (QED) is 0.862. The van der Waals surface area contributed by atoms with Crippen LogP contribution in [0.4, 0.5) is 9.18 Å². The second-order valence-electron chi connectivity index (χ2n) is 9.34. The molecular weight excluding hydrogens is 355 g/mol. The summed E-state index contributed by atoms with van der Waals surface area (Å²) in [5.41, 5.74) is 1.17. The number of piperidine rings is 2. The van der Waals surface area contributed by atoms with Crippen molar-refractivity contribution in [2.24, 2.45) is 11.8 Å². The van der Waals surface area contributed by atoms with Gasteiger partial charge in [-0.2, -0.15) is 0 Å². The lowest BCUT2D eigenvalue weighted by atomic mass is 9.84. The Morgan fingerprint density at radius 3 is 2.68 bits per heavy atom. The van der Waals surface area contributed by atoms with E-state index < -0.39 is 0 Å². The molecule has 2 amide bonds. The molecule has 6 rings (SSSR count). The molecule has 1 aromatic rings. The molecule has 0 aromatic heterocycles. The SMILES string of the molecule is O=C(N[C@H]1CCN(CCc2ccc(F)cc2)C1)N1CC2CC3CC1CN(C3)C2. The number of carbonyl (C=O) groups is 1. The monoisotopic (exact) mass is 386 g/mol. The van der Waals surface area contributed by atoms with Gasteiger partial charge in [0.1, 0.15) is 5.82 Å². The van der Waals surface area contributed by atoms with Gasteiger partial charge in [0.05, 0.1) is 0 Å². The first-order valence-electron chi connectivity index (χ1n) is 10.9. The summed E-state index contributed by atoms with van der Waals surface area (Å²) in [4.78, 5) is 20.2. The molecule has 1 aromatic carbocycles. The number of likely N-dealkylation sites (tertiary alicyclic amines) is 1. The van der Waals surface area contributed by atoms with Gasteiger partial charge in [0.2, 0.25) is 0 Å². The van der Waals surface area contributed by atoms with Crippen LogP contribution in [0.15, 0.2) is 24.3 Å². The Labute approximate surface area is 166 Å². The molecule has 5 aliphatic rings. The Bertz CT molecular complexity index is 697. The fourth-order valence-corrected chi connectivity index (χ4v) is 5.89. The molecule has 4 bridgehead atoms. The maximum absolute atomic E-state index is 13.0. The molecule has 0 radical (unpaired) electrons. The highest BCUT2D eigenvalue weighted by molar-refractivity contribution is 5.75. The number of benzene rings is 1. The highest BCUT2D eigenvalue weighted by atomic mass is 19.1. The molecule has 1 N–H and O–H groups in total. The van der Waals surface area contributed by atoms with E-state index in [1.807, 2.05) is 12.1 Å². The van der Waals surface area contributed by atoms with Crippen LogP contribution in [0, 0.1) is 17.7 Å². The van der Waals surface area contributed by atoms with Crippen LogP contribution in [0.5, 0.6) is 0 Å². The van der Waals surface area contributed by atoms with Crippen molar-refractivity contribution in [2.75, 3.05) is 45.8 Å². The van der Waals surface area contributed by atoms with Crippen molar-refractivity contribution in [1.29, 1.82) is 0 Å². The topological polar surface area (TPSA) is 38.8 Å². The van der Waals surface area contributed by atoms with Crippen molar-refractivity contribution < 1.29 is 9.18 Å². The predicted octanol–water partition coefficient (Wildman–Crippen LogP) is 2.18. The lowest BCUT2D eigenvalue weighted by Crippen LogP contribution is -2.54. The fraction of sp³-hybridized carbons (Fsp3) is 0.682. The van der Waals surface area contributed by atoms with Crippen molar-refractivity contribution >= 4 is 6.03 Å². The van der Waals surface area contributed by atoms with Crippen molar-refractivity contribution in [2.45, 2.75) is 37.8 Å². The fourth-order valence-electron chi connectivity index (χ4n) is 5.89. The average molecular weight is 387 g/mol. The number of nitrogens with one attached hydrogen (secondary N) is 1. The molecule has 0 aliphatic carbocycles. The summed E-state index contributed by atoms with van der Waals surface area (Å²) in [6.07, 6.45) is 4.44. The molecule has 5 heterocycles.